The second kappa shape index (κ2) is 4.73. The second-order valence-electron chi connectivity index (χ2n) is 5.07. The van der Waals surface area contributed by atoms with Crippen molar-refractivity contribution in [2.24, 2.45) is 0 Å². The summed E-state index contributed by atoms with van der Waals surface area (Å²) in [7, 11) is 0. The van der Waals surface area contributed by atoms with Crippen LogP contribution >= 0.6 is 15.9 Å². The lowest BCUT2D eigenvalue weighted by Gasteiger charge is -2.11. The number of aromatic nitrogens is 3. The minimum atomic E-state index is 0.490. The molecule has 2 N–H and O–H groups in total. The molecule has 2 aromatic heterocycles. The first-order valence-electron chi connectivity index (χ1n) is 6.72. The zero-order valence-corrected chi connectivity index (χ0v) is 12.8. The average molecular weight is 345 g/mol. The maximum absolute atomic E-state index is 6.06. The van der Waals surface area contributed by atoms with E-state index < -0.39 is 0 Å². The summed E-state index contributed by atoms with van der Waals surface area (Å²) in [5.41, 5.74) is 10.2. The Balaban J connectivity index is 1.84. The summed E-state index contributed by atoms with van der Waals surface area (Å²) in [5.74, 6) is 1.47. The minimum Gasteiger partial charge on any atom is -0.493 e. The Bertz CT molecular complexity index is 843. The summed E-state index contributed by atoms with van der Waals surface area (Å²) >= 11 is 3.57. The van der Waals surface area contributed by atoms with Crippen LogP contribution in [0.4, 0.5) is 5.95 Å². The largest absolute Gasteiger partial charge is 0.493 e. The normalized spacial score (nSPS) is 13.4. The van der Waals surface area contributed by atoms with Gasteiger partial charge in [-0.1, -0.05) is 15.9 Å². The highest BCUT2D eigenvalue weighted by Crippen LogP contribution is 2.34. The molecule has 1 aromatic carbocycles. The van der Waals surface area contributed by atoms with E-state index in [1.54, 1.807) is 12.4 Å². The Labute approximate surface area is 129 Å². The highest BCUT2D eigenvalue weighted by Gasteiger charge is 2.19. The van der Waals surface area contributed by atoms with Crippen LogP contribution in [0.15, 0.2) is 35.1 Å². The van der Waals surface area contributed by atoms with Crippen LogP contribution in [0.2, 0.25) is 0 Å². The van der Waals surface area contributed by atoms with E-state index in [-0.39, 0.29) is 0 Å². The maximum Gasteiger partial charge on any atom is 0.201 e. The quantitative estimate of drug-likeness (QED) is 0.776. The van der Waals surface area contributed by atoms with Gasteiger partial charge in [-0.25, -0.2) is 4.98 Å². The lowest BCUT2D eigenvalue weighted by atomic mass is 10.1. The van der Waals surface area contributed by atoms with Crippen molar-refractivity contribution in [1.29, 1.82) is 0 Å². The molecule has 0 amide bonds. The number of anilines is 1. The minimum absolute atomic E-state index is 0.490. The molecule has 0 spiro atoms. The van der Waals surface area contributed by atoms with Crippen molar-refractivity contribution in [3.05, 3.63) is 46.2 Å². The van der Waals surface area contributed by atoms with Gasteiger partial charge in [-0.05, 0) is 23.8 Å². The van der Waals surface area contributed by atoms with E-state index >= 15 is 0 Å². The van der Waals surface area contributed by atoms with Crippen molar-refractivity contribution < 1.29 is 4.74 Å². The average Bonchev–Trinajstić information content (AvgIpc) is 3.04. The third kappa shape index (κ3) is 2.06. The van der Waals surface area contributed by atoms with Crippen LogP contribution in [0.5, 0.6) is 5.75 Å². The topological polar surface area (TPSA) is 66.0 Å². The molecule has 4 rings (SSSR count). The highest BCUT2D eigenvalue weighted by atomic mass is 79.9. The summed E-state index contributed by atoms with van der Waals surface area (Å²) in [6.45, 7) is 1.37. The first-order valence-corrected chi connectivity index (χ1v) is 7.51. The molecule has 21 heavy (non-hydrogen) atoms. The summed E-state index contributed by atoms with van der Waals surface area (Å²) in [5, 5.41) is 0. The second-order valence-corrected chi connectivity index (χ2v) is 5.99. The van der Waals surface area contributed by atoms with Crippen molar-refractivity contribution in [1.82, 2.24) is 14.5 Å². The molecule has 0 aliphatic carbocycles. The number of imidazole rings is 1. The number of nitrogen functional groups attached to an aromatic ring is 1. The molecule has 0 fully saturated rings. The van der Waals surface area contributed by atoms with Crippen molar-refractivity contribution >= 4 is 32.9 Å². The fourth-order valence-corrected chi connectivity index (χ4v) is 3.35. The number of hydrogen-bond acceptors (Lipinski definition) is 4. The number of halogens is 1. The molecule has 3 heterocycles. The molecule has 0 atom stereocenters. The molecular formula is C15H13BrN4O. The van der Waals surface area contributed by atoms with Crippen LogP contribution in [0, 0.1) is 0 Å². The third-order valence-corrected chi connectivity index (χ3v) is 4.19. The Morgan fingerprint density at radius 2 is 2.29 bits per heavy atom. The number of ether oxygens (including phenoxy) is 1. The first kappa shape index (κ1) is 12.6. The molecule has 1 aliphatic rings. The Kier molecular flexibility index (Phi) is 2.85. The summed E-state index contributed by atoms with van der Waals surface area (Å²) in [4.78, 5) is 8.43. The smallest absolute Gasteiger partial charge is 0.201 e. The fourth-order valence-electron chi connectivity index (χ4n) is 2.80. The van der Waals surface area contributed by atoms with E-state index in [9.17, 15) is 0 Å². The molecule has 6 heteroatoms. The predicted molar refractivity (Wildman–Crippen MR) is 84.4 cm³/mol. The zero-order chi connectivity index (χ0) is 14.4. The predicted octanol–water partition coefficient (Wildman–Crippen LogP) is 2.76. The van der Waals surface area contributed by atoms with E-state index in [0.29, 0.717) is 12.5 Å². The van der Waals surface area contributed by atoms with E-state index in [4.69, 9.17) is 10.5 Å². The van der Waals surface area contributed by atoms with Gasteiger partial charge in [-0.15, -0.1) is 0 Å². The first-order chi connectivity index (χ1) is 10.2. The molecule has 0 saturated carbocycles. The van der Waals surface area contributed by atoms with Gasteiger partial charge in [0.25, 0.3) is 0 Å². The molecule has 0 unspecified atom stereocenters. The summed E-state index contributed by atoms with van der Waals surface area (Å²) in [6.07, 6.45) is 4.43. The molecule has 0 saturated heterocycles. The Morgan fingerprint density at radius 3 is 3.19 bits per heavy atom. The maximum atomic E-state index is 6.06. The molecule has 0 radical (unpaired) electrons. The standard InChI is InChI=1S/C15H13BrN4O/c16-11-5-9-2-4-21-14(9)10(6-11)8-20-13-1-3-18-7-12(13)19-15(20)17/h1,3,5-7H,2,4,8H2,(H2,17,19). The van der Waals surface area contributed by atoms with Crippen molar-refractivity contribution in [2.75, 3.05) is 12.3 Å². The van der Waals surface area contributed by atoms with Gasteiger partial charge in [-0.2, -0.15) is 0 Å². The Hall–Kier alpha value is -2.08. The van der Waals surface area contributed by atoms with Gasteiger partial charge in [0, 0.05) is 22.7 Å². The molecule has 0 bridgehead atoms. The number of nitrogens with two attached hydrogens (primary N) is 1. The molecule has 1 aliphatic heterocycles. The number of nitrogens with zero attached hydrogens (tertiary/aromatic N) is 3. The van der Waals surface area contributed by atoms with Crippen LogP contribution in [-0.2, 0) is 13.0 Å². The van der Waals surface area contributed by atoms with Crippen molar-refractivity contribution in [3.63, 3.8) is 0 Å². The molecule has 5 nitrogen and oxygen atoms in total. The van der Waals surface area contributed by atoms with Crippen LogP contribution in [-0.4, -0.2) is 21.1 Å². The van der Waals surface area contributed by atoms with E-state index in [0.717, 1.165) is 39.8 Å². The van der Waals surface area contributed by atoms with Crippen LogP contribution in [0.3, 0.4) is 0 Å². The van der Waals surface area contributed by atoms with Gasteiger partial charge in [0.05, 0.1) is 24.9 Å². The summed E-state index contributed by atoms with van der Waals surface area (Å²) in [6, 6.07) is 6.12. The number of benzene rings is 1. The SMILES string of the molecule is Nc1nc2cnccc2n1Cc1cc(Br)cc2c1OCC2. The molecular weight excluding hydrogens is 332 g/mol. The van der Waals surface area contributed by atoms with E-state index in [1.807, 2.05) is 10.6 Å². The number of hydrogen-bond donors (Lipinski definition) is 1. The fraction of sp³-hybridized carbons (Fsp3) is 0.200. The monoisotopic (exact) mass is 344 g/mol. The number of rotatable bonds is 2. The van der Waals surface area contributed by atoms with Crippen LogP contribution < -0.4 is 10.5 Å². The number of fused-ring (bicyclic) bond motifs is 2. The van der Waals surface area contributed by atoms with Crippen molar-refractivity contribution in [2.45, 2.75) is 13.0 Å². The highest BCUT2D eigenvalue weighted by molar-refractivity contribution is 9.10. The van der Waals surface area contributed by atoms with Gasteiger partial charge in [-0.3, -0.25) is 4.98 Å². The van der Waals surface area contributed by atoms with E-state index in [1.165, 1.54) is 5.56 Å². The lowest BCUT2D eigenvalue weighted by molar-refractivity contribution is 0.353. The summed E-state index contributed by atoms with van der Waals surface area (Å²) < 4.78 is 8.83. The molecule has 106 valence electrons. The Morgan fingerprint density at radius 1 is 1.38 bits per heavy atom. The van der Waals surface area contributed by atoms with Crippen molar-refractivity contribution in [3.8, 4) is 5.75 Å². The number of pyridine rings is 1. The molecule has 3 aromatic rings. The van der Waals surface area contributed by atoms with Gasteiger partial charge < -0.3 is 15.0 Å². The van der Waals surface area contributed by atoms with Crippen LogP contribution in [0.25, 0.3) is 11.0 Å². The van der Waals surface area contributed by atoms with E-state index in [2.05, 4.69) is 38.0 Å². The van der Waals surface area contributed by atoms with Gasteiger partial charge in [0.2, 0.25) is 5.95 Å². The van der Waals surface area contributed by atoms with Gasteiger partial charge in [0.1, 0.15) is 11.3 Å². The van der Waals surface area contributed by atoms with Crippen LogP contribution in [0.1, 0.15) is 11.1 Å². The third-order valence-electron chi connectivity index (χ3n) is 3.73. The van der Waals surface area contributed by atoms with Gasteiger partial charge in [0.15, 0.2) is 0 Å². The zero-order valence-electron chi connectivity index (χ0n) is 11.2. The van der Waals surface area contributed by atoms with Gasteiger partial charge >= 0.3 is 0 Å². The lowest BCUT2D eigenvalue weighted by Crippen LogP contribution is -2.06.